The molecule has 1 aromatic rings. The average molecular weight is 280 g/mol. The van der Waals surface area contributed by atoms with Crippen LogP contribution in [0.1, 0.15) is 43.5 Å². The number of ketones is 1. The maximum Gasteiger partial charge on any atom is 0.173 e. The van der Waals surface area contributed by atoms with Crippen LogP contribution in [0.4, 0.5) is 0 Å². The van der Waals surface area contributed by atoms with Crippen LogP contribution < -0.4 is 0 Å². The summed E-state index contributed by atoms with van der Waals surface area (Å²) in [6.45, 7) is 4.27. The van der Waals surface area contributed by atoms with Crippen LogP contribution in [0, 0.1) is 11.3 Å². The van der Waals surface area contributed by atoms with Crippen molar-refractivity contribution in [2.24, 2.45) is 11.3 Å². The van der Waals surface area contributed by atoms with Gasteiger partial charge in [0.05, 0.1) is 5.41 Å². The molecule has 0 bridgehead atoms. The topological polar surface area (TPSA) is 26.3 Å². The third-order valence-corrected chi connectivity index (χ3v) is 5.00. The van der Waals surface area contributed by atoms with Crippen molar-refractivity contribution in [3.8, 4) is 0 Å². The predicted molar refractivity (Wildman–Crippen MR) is 81.9 cm³/mol. The van der Waals surface area contributed by atoms with Crippen LogP contribution in [0.2, 0.25) is 0 Å². The van der Waals surface area contributed by atoms with E-state index in [2.05, 4.69) is 26.0 Å². The van der Waals surface area contributed by atoms with Crippen LogP contribution in [0.5, 0.6) is 0 Å². The second kappa shape index (κ2) is 4.09. The van der Waals surface area contributed by atoms with Gasteiger partial charge in [0.1, 0.15) is 11.4 Å². The Morgan fingerprint density at radius 3 is 2.76 bits per heavy atom. The molecule has 2 heteroatoms. The molecule has 0 spiro atoms. The zero-order valence-electron chi connectivity index (χ0n) is 12.6. The van der Waals surface area contributed by atoms with E-state index < -0.39 is 0 Å². The smallest absolute Gasteiger partial charge is 0.173 e. The highest BCUT2D eigenvalue weighted by Gasteiger charge is 2.59. The first kappa shape index (κ1) is 12.9. The lowest BCUT2D eigenvalue weighted by Crippen LogP contribution is -2.31. The number of fused-ring (bicyclic) bond motifs is 2. The van der Waals surface area contributed by atoms with Crippen molar-refractivity contribution in [3.05, 3.63) is 59.4 Å². The third-order valence-electron chi connectivity index (χ3n) is 5.00. The molecular formula is C19H20O2. The van der Waals surface area contributed by atoms with Crippen molar-refractivity contribution in [2.45, 2.75) is 38.7 Å². The van der Waals surface area contributed by atoms with Gasteiger partial charge >= 0.3 is 0 Å². The third kappa shape index (κ3) is 1.97. The van der Waals surface area contributed by atoms with E-state index in [9.17, 15) is 4.79 Å². The minimum Gasteiger partial charge on any atom is -0.488 e. The van der Waals surface area contributed by atoms with E-state index in [4.69, 9.17) is 4.74 Å². The van der Waals surface area contributed by atoms with Gasteiger partial charge in [0.15, 0.2) is 5.78 Å². The quantitative estimate of drug-likeness (QED) is 0.755. The van der Waals surface area contributed by atoms with Gasteiger partial charge in [-0.2, -0.15) is 0 Å². The monoisotopic (exact) mass is 280 g/mol. The number of Topliss-reactive ketones (excluding diaryl/α,β-unsaturated/α-hetero) is 1. The SMILES string of the molecule is CC1(C)CCC2=CC3(C(=O)c4ccccc4)CC3C=C2O1. The molecule has 0 N–H and O–H groups in total. The Kier molecular flexibility index (Phi) is 2.51. The number of hydrogen-bond acceptors (Lipinski definition) is 2. The van der Waals surface area contributed by atoms with Crippen LogP contribution in [0.3, 0.4) is 0 Å². The fourth-order valence-corrected chi connectivity index (χ4v) is 3.61. The van der Waals surface area contributed by atoms with E-state index in [1.165, 1.54) is 5.57 Å². The molecule has 2 fully saturated rings. The summed E-state index contributed by atoms with van der Waals surface area (Å²) in [6, 6.07) is 9.66. The molecule has 21 heavy (non-hydrogen) atoms. The Labute approximate surface area is 125 Å². The number of benzene rings is 1. The number of carbonyl (C=O) groups is 1. The van der Waals surface area contributed by atoms with Gasteiger partial charge in [-0.3, -0.25) is 4.79 Å². The molecule has 2 atom stereocenters. The maximum atomic E-state index is 12.9. The lowest BCUT2D eigenvalue weighted by atomic mass is 9.83. The fraction of sp³-hybridized carbons (Fsp3) is 0.421. The first-order chi connectivity index (χ1) is 10.0. The fourth-order valence-electron chi connectivity index (χ4n) is 3.61. The van der Waals surface area contributed by atoms with Gasteiger partial charge in [-0.1, -0.05) is 36.4 Å². The van der Waals surface area contributed by atoms with E-state index in [0.717, 1.165) is 30.6 Å². The van der Waals surface area contributed by atoms with Crippen molar-refractivity contribution in [1.82, 2.24) is 0 Å². The first-order valence-corrected chi connectivity index (χ1v) is 7.73. The summed E-state index contributed by atoms with van der Waals surface area (Å²) in [7, 11) is 0. The minimum atomic E-state index is -0.287. The first-order valence-electron chi connectivity index (χ1n) is 7.73. The predicted octanol–water partition coefficient (Wildman–Crippen LogP) is 4.29. The number of allylic oxidation sites excluding steroid dienone is 3. The molecule has 2 nitrogen and oxygen atoms in total. The highest BCUT2D eigenvalue weighted by Crippen LogP contribution is 2.61. The van der Waals surface area contributed by atoms with Crippen molar-refractivity contribution in [3.63, 3.8) is 0 Å². The van der Waals surface area contributed by atoms with E-state index in [1.54, 1.807) is 0 Å². The molecule has 1 aromatic carbocycles. The molecule has 1 saturated heterocycles. The molecule has 1 heterocycles. The standard InChI is InChI=1S/C19H20O2/c1-18(2)9-8-14-11-19(12-15(19)10-16(14)21-18)17(20)13-6-4-3-5-7-13/h3-7,10-11,15H,8-9,12H2,1-2H3. The lowest BCUT2D eigenvalue weighted by molar-refractivity contribution is 0.0137. The summed E-state index contributed by atoms with van der Waals surface area (Å²) in [5.41, 5.74) is 1.69. The Balaban J connectivity index is 1.65. The summed E-state index contributed by atoms with van der Waals surface area (Å²) >= 11 is 0. The zero-order valence-corrected chi connectivity index (χ0v) is 12.6. The van der Waals surface area contributed by atoms with Gasteiger partial charge < -0.3 is 4.74 Å². The van der Waals surface area contributed by atoms with E-state index in [0.29, 0.717) is 5.92 Å². The van der Waals surface area contributed by atoms with Crippen LogP contribution in [0.15, 0.2) is 53.8 Å². The molecule has 0 amide bonds. The summed E-state index contributed by atoms with van der Waals surface area (Å²) in [5, 5.41) is 0. The van der Waals surface area contributed by atoms with Crippen molar-refractivity contribution in [2.75, 3.05) is 0 Å². The lowest BCUT2D eigenvalue weighted by Gasteiger charge is -2.36. The Hall–Kier alpha value is -1.83. The Morgan fingerprint density at radius 2 is 2.00 bits per heavy atom. The van der Waals surface area contributed by atoms with Crippen LogP contribution in [-0.2, 0) is 4.74 Å². The van der Waals surface area contributed by atoms with E-state index >= 15 is 0 Å². The highest BCUT2D eigenvalue weighted by atomic mass is 16.5. The second-order valence-electron chi connectivity index (χ2n) is 7.11. The van der Waals surface area contributed by atoms with Gasteiger partial charge in [-0.05, 0) is 50.7 Å². The van der Waals surface area contributed by atoms with Gasteiger partial charge in [-0.25, -0.2) is 0 Å². The van der Waals surface area contributed by atoms with Crippen LogP contribution in [0.25, 0.3) is 0 Å². The summed E-state index contributed by atoms with van der Waals surface area (Å²) in [5.74, 6) is 1.60. The van der Waals surface area contributed by atoms with E-state index in [-0.39, 0.29) is 16.8 Å². The molecule has 2 aliphatic carbocycles. The molecule has 2 unspecified atom stereocenters. The number of hydrogen-bond donors (Lipinski definition) is 0. The minimum absolute atomic E-state index is 0.0818. The molecule has 1 aliphatic heterocycles. The molecule has 0 radical (unpaired) electrons. The normalized spacial score (nSPS) is 32.0. The molecule has 4 rings (SSSR count). The average Bonchev–Trinajstić information content (AvgIpc) is 3.18. The second-order valence-corrected chi connectivity index (χ2v) is 7.11. The van der Waals surface area contributed by atoms with Crippen LogP contribution >= 0.6 is 0 Å². The molecule has 1 saturated carbocycles. The number of ether oxygens (including phenoxy) is 1. The molecular weight excluding hydrogens is 260 g/mol. The van der Waals surface area contributed by atoms with Crippen molar-refractivity contribution < 1.29 is 9.53 Å². The van der Waals surface area contributed by atoms with Crippen LogP contribution in [-0.4, -0.2) is 11.4 Å². The van der Waals surface area contributed by atoms with Gasteiger partial charge in [0.25, 0.3) is 0 Å². The summed E-state index contributed by atoms with van der Waals surface area (Å²) in [6.07, 6.45) is 7.35. The Bertz CT molecular complexity index is 666. The summed E-state index contributed by atoms with van der Waals surface area (Å²) in [4.78, 5) is 12.9. The number of carbonyl (C=O) groups excluding carboxylic acids is 1. The number of rotatable bonds is 2. The molecule has 3 aliphatic rings. The molecule has 108 valence electrons. The largest absolute Gasteiger partial charge is 0.488 e. The summed E-state index contributed by atoms with van der Waals surface area (Å²) < 4.78 is 6.09. The maximum absolute atomic E-state index is 12.9. The van der Waals surface area contributed by atoms with Gasteiger partial charge in [0, 0.05) is 5.56 Å². The zero-order chi connectivity index (χ0) is 14.7. The Morgan fingerprint density at radius 1 is 1.24 bits per heavy atom. The highest BCUT2D eigenvalue weighted by molar-refractivity contribution is 6.04. The van der Waals surface area contributed by atoms with E-state index in [1.807, 2.05) is 30.3 Å². The van der Waals surface area contributed by atoms with Gasteiger partial charge in [0.2, 0.25) is 0 Å². The molecule has 0 aromatic heterocycles. The van der Waals surface area contributed by atoms with Gasteiger partial charge in [-0.15, -0.1) is 0 Å². The van der Waals surface area contributed by atoms with Crippen molar-refractivity contribution >= 4 is 5.78 Å². The van der Waals surface area contributed by atoms with Crippen molar-refractivity contribution in [1.29, 1.82) is 0 Å².